The average Bonchev–Trinajstić information content (AvgIpc) is 2.27. The first-order valence-electron chi connectivity index (χ1n) is 5.72. The second kappa shape index (κ2) is 7.95. The van der Waals surface area contributed by atoms with Gasteiger partial charge < -0.3 is 15.8 Å². The van der Waals surface area contributed by atoms with Gasteiger partial charge >= 0.3 is 6.09 Å². The molecule has 0 radical (unpaired) electrons. The van der Waals surface area contributed by atoms with Crippen LogP contribution in [0.2, 0.25) is 0 Å². The molecule has 5 heteroatoms. The molecule has 0 saturated heterocycles. The third-order valence-corrected chi connectivity index (χ3v) is 2.42. The van der Waals surface area contributed by atoms with Gasteiger partial charge in [0, 0.05) is 5.54 Å². The second-order valence-corrected chi connectivity index (χ2v) is 4.61. The predicted octanol–water partition coefficient (Wildman–Crippen LogP) is 2.46. The van der Waals surface area contributed by atoms with Crippen molar-refractivity contribution in [3.8, 4) is 0 Å². The Kier molecular flexibility index (Phi) is 7.39. The monoisotopic (exact) mass is 272 g/mol. The third kappa shape index (κ3) is 6.47. The molecule has 1 amide bonds. The standard InChI is InChI=1S/C13H20N2O2.ClH/c1-13(2,8-9-14)15-12(16)17-10-11-6-4-3-5-7-11;/h3-7H,8-10,14H2,1-2H3,(H,15,16);1H. The van der Waals surface area contributed by atoms with E-state index in [9.17, 15) is 4.79 Å². The minimum absolute atomic E-state index is 0. The summed E-state index contributed by atoms with van der Waals surface area (Å²) in [4.78, 5) is 11.5. The smallest absolute Gasteiger partial charge is 0.407 e. The number of carbonyl (C=O) groups is 1. The Hall–Kier alpha value is -1.26. The molecule has 0 bridgehead atoms. The molecule has 0 unspecified atom stereocenters. The van der Waals surface area contributed by atoms with Crippen molar-refractivity contribution in [2.75, 3.05) is 6.54 Å². The number of halogens is 1. The quantitative estimate of drug-likeness (QED) is 0.865. The van der Waals surface area contributed by atoms with Crippen LogP contribution in [0.1, 0.15) is 25.8 Å². The van der Waals surface area contributed by atoms with E-state index in [0.29, 0.717) is 13.0 Å². The van der Waals surface area contributed by atoms with Crippen LogP contribution in [0.5, 0.6) is 0 Å². The van der Waals surface area contributed by atoms with Crippen molar-refractivity contribution in [2.24, 2.45) is 5.73 Å². The number of amides is 1. The van der Waals surface area contributed by atoms with Gasteiger partial charge in [0.15, 0.2) is 0 Å². The number of hydrogen-bond donors (Lipinski definition) is 2. The number of benzene rings is 1. The lowest BCUT2D eigenvalue weighted by molar-refractivity contribution is 0.129. The molecule has 0 aromatic heterocycles. The summed E-state index contributed by atoms with van der Waals surface area (Å²) < 4.78 is 5.12. The first-order valence-corrected chi connectivity index (χ1v) is 5.72. The topological polar surface area (TPSA) is 64.3 Å². The van der Waals surface area contributed by atoms with Crippen molar-refractivity contribution < 1.29 is 9.53 Å². The van der Waals surface area contributed by atoms with Crippen molar-refractivity contribution >= 4 is 18.5 Å². The van der Waals surface area contributed by atoms with E-state index in [1.165, 1.54) is 0 Å². The molecule has 1 rings (SSSR count). The molecule has 0 saturated carbocycles. The fourth-order valence-electron chi connectivity index (χ4n) is 1.46. The fraction of sp³-hybridized carbons (Fsp3) is 0.462. The van der Waals surface area contributed by atoms with Crippen LogP contribution in [0.4, 0.5) is 4.79 Å². The Balaban J connectivity index is 0.00000289. The lowest BCUT2D eigenvalue weighted by Crippen LogP contribution is -2.44. The highest BCUT2D eigenvalue weighted by molar-refractivity contribution is 5.85. The highest BCUT2D eigenvalue weighted by atomic mass is 35.5. The van der Waals surface area contributed by atoms with Crippen molar-refractivity contribution in [1.82, 2.24) is 5.32 Å². The molecule has 0 fully saturated rings. The molecule has 3 N–H and O–H groups in total. The summed E-state index contributed by atoms with van der Waals surface area (Å²) in [6, 6.07) is 9.58. The van der Waals surface area contributed by atoms with Gasteiger partial charge in [0.1, 0.15) is 6.61 Å². The first-order chi connectivity index (χ1) is 8.03. The van der Waals surface area contributed by atoms with Crippen LogP contribution in [-0.4, -0.2) is 18.2 Å². The largest absolute Gasteiger partial charge is 0.445 e. The fourth-order valence-corrected chi connectivity index (χ4v) is 1.46. The Morgan fingerprint density at radius 1 is 1.33 bits per heavy atom. The van der Waals surface area contributed by atoms with Gasteiger partial charge in [0.05, 0.1) is 0 Å². The number of carbonyl (C=O) groups excluding carboxylic acids is 1. The molecule has 1 aromatic carbocycles. The predicted molar refractivity (Wildman–Crippen MR) is 74.8 cm³/mol. The zero-order valence-electron chi connectivity index (χ0n) is 10.8. The van der Waals surface area contributed by atoms with Crippen molar-refractivity contribution in [2.45, 2.75) is 32.4 Å². The van der Waals surface area contributed by atoms with Gasteiger partial charge in [-0.25, -0.2) is 4.79 Å². The molecule has 102 valence electrons. The normalized spacial score (nSPS) is 10.4. The molecule has 18 heavy (non-hydrogen) atoms. The zero-order valence-corrected chi connectivity index (χ0v) is 11.6. The highest BCUT2D eigenvalue weighted by Gasteiger charge is 2.19. The number of alkyl carbamates (subject to hydrolysis) is 1. The van der Waals surface area contributed by atoms with Gasteiger partial charge in [-0.05, 0) is 32.4 Å². The van der Waals surface area contributed by atoms with Gasteiger partial charge in [0.25, 0.3) is 0 Å². The molecule has 0 aliphatic carbocycles. The average molecular weight is 273 g/mol. The maximum absolute atomic E-state index is 11.5. The minimum atomic E-state index is -0.410. The van der Waals surface area contributed by atoms with Gasteiger partial charge in [0.2, 0.25) is 0 Å². The van der Waals surface area contributed by atoms with Crippen molar-refractivity contribution in [3.63, 3.8) is 0 Å². The molecule has 4 nitrogen and oxygen atoms in total. The maximum Gasteiger partial charge on any atom is 0.407 e. The van der Waals surface area contributed by atoms with Crippen LogP contribution < -0.4 is 11.1 Å². The Bertz CT molecular complexity index is 355. The van der Waals surface area contributed by atoms with E-state index in [0.717, 1.165) is 5.56 Å². The summed E-state index contributed by atoms with van der Waals surface area (Å²) in [5.74, 6) is 0. The highest BCUT2D eigenvalue weighted by Crippen LogP contribution is 2.07. The first kappa shape index (κ1) is 16.7. The van der Waals surface area contributed by atoms with Crippen LogP contribution in [0.15, 0.2) is 30.3 Å². The van der Waals surface area contributed by atoms with E-state index in [2.05, 4.69) is 5.32 Å². The molecule has 0 aliphatic rings. The lowest BCUT2D eigenvalue weighted by Gasteiger charge is -2.24. The number of nitrogens with two attached hydrogens (primary N) is 1. The number of hydrogen-bond acceptors (Lipinski definition) is 3. The summed E-state index contributed by atoms with van der Waals surface area (Å²) in [6.07, 6.45) is 0.306. The Morgan fingerprint density at radius 3 is 2.50 bits per heavy atom. The van der Waals surface area contributed by atoms with E-state index in [1.54, 1.807) is 0 Å². The van der Waals surface area contributed by atoms with Crippen molar-refractivity contribution in [3.05, 3.63) is 35.9 Å². The van der Waals surface area contributed by atoms with E-state index in [1.807, 2.05) is 44.2 Å². The van der Waals surface area contributed by atoms with Crippen molar-refractivity contribution in [1.29, 1.82) is 0 Å². The van der Waals surface area contributed by atoms with Gasteiger partial charge in [-0.15, -0.1) is 12.4 Å². The van der Waals surface area contributed by atoms with Crippen LogP contribution >= 0.6 is 12.4 Å². The Labute approximate surface area is 114 Å². The van der Waals surface area contributed by atoms with Crippen LogP contribution in [0, 0.1) is 0 Å². The number of nitrogens with one attached hydrogen (secondary N) is 1. The van der Waals surface area contributed by atoms with E-state index < -0.39 is 6.09 Å². The molecular formula is C13H21ClN2O2. The summed E-state index contributed by atoms with van der Waals surface area (Å²) in [5, 5.41) is 2.79. The molecular weight excluding hydrogens is 252 g/mol. The summed E-state index contributed by atoms with van der Waals surface area (Å²) in [6.45, 7) is 4.66. The van der Waals surface area contributed by atoms with E-state index in [4.69, 9.17) is 10.5 Å². The van der Waals surface area contributed by atoms with Crippen LogP contribution in [0.3, 0.4) is 0 Å². The summed E-state index contributed by atoms with van der Waals surface area (Å²) in [7, 11) is 0. The van der Waals surface area contributed by atoms with Gasteiger partial charge in [-0.1, -0.05) is 30.3 Å². The summed E-state index contributed by atoms with van der Waals surface area (Å²) in [5.41, 5.74) is 6.10. The number of ether oxygens (including phenoxy) is 1. The molecule has 0 aliphatic heterocycles. The molecule has 0 atom stereocenters. The molecule has 0 heterocycles. The third-order valence-electron chi connectivity index (χ3n) is 2.42. The molecule has 1 aromatic rings. The number of rotatable bonds is 5. The van der Waals surface area contributed by atoms with Crippen LogP contribution in [0.25, 0.3) is 0 Å². The zero-order chi connectivity index (χ0) is 12.7. The minimum Gasteiger partial charge on any atom is -0.445 e. The molecule has 0 spiro atoms. The lowest BCUT2D eigenvalue weighted by atomic mass is 10.0. The summed E-state index contributed by atoms with van der Waals surface area (Å²) >= 11 is 0. The maximum atomic E-state index is 11.5. The second-order valence-electron chi connectivity index (χ2n) is 4.61. The van der Waals surface area contributed by atoms with Gasteiger partial charge in [-0.3, -0.25) is 0 Å². The van der Waals surface area contributed by atoms with E-state index in [-0.39, 0.29) is 24.6 Å². The Morgan fingerprint density at radius 2 is 1.94 bits per heavy atom. The SMILES string of the molecule is CC(C)(CCN)NC(=O)OCc1ccccc1.Cl. The van der Waals surface area contributed by atoms with E-state index >= 15 is 0 Å². The van der Waals surface area contributed by atoms with Crippen LogP contribution in [-0.2, 0) is 11.3 Å². The van der Waals surface area contributed by atoms with Gasteiger partial charge in [-0.2, -0.15) is 0 Å².